The Hall–Kier alpha value is -2.20. The molecule has 1 unspecified atom stereocenters. The lowest BCUT2D eigenvalue weighted by Gasteiger charge is -2.24. The topological polar surface area (TPSA) is 47.8 Å². The van der Waals surface area contributed by atoms with Gasteiger partial charge in [0.15, 0.2) is 5.57 Å². The Labute approximate surface area is 131 Å². The molecule has 4 heteroatoms. The molecule has 0 saturated heterocycles. The van der Waals surface area contributed by atoms with E-state index in [1.807, 2.05) is 44.2 Å². The standard InChI is InChI=1S/C18H21NO3/c1-4-10-19-13(2)11-16(20)17(14(19)3)18(21)22-12-15-8-6-5-7-9-15/h5-9,11H,4,10,12H2,1-3H3/p+1. The van der Waals surface area contributed by atoms with Crippen LogP contribution in [-0.4, -0.2) is 18.3 Å². The number of esters is 1. The summed E-state index contributed by atoms with van der Waals surface area (Å²) in [6, 6.07) is 9.45. The summed E-state index contributed by atoms with van der Waals surface area (Å²) in [5.41, 5.74) is 2.78. The highest BCUT2D eigenvalue weighted by molar-refractivity contribution is 6.22. The Morgan fingerprint density at radius 3 is 2.50 bits per heavy atom. The highest BCUT2D eigenvalue weighted by Crippen LogP contribution is 2.12. The predicted molar refractivity (Wildman–Crippen MR) is 83.8 cm³/mol. The second-order valence-electron chi connectivity index (χ2n) is 5.48. The van der Waals surface area contributed by atoms with Crippen molar-refractivity contribution in [3.05, 3.63) is 58.9 Å². The van der Waals surface area contributed by atoms with Crippen LogP contribution in [0.15, 0.2) is 53.4 Å². The van der Waals surface area contributed by atoms with Crippen molar-refractivity contribution in [2.24, 2.45) is 0 Å². The number of quaternary nitrogens is 1. The van der Waals surface area contributed by atoms with Gasteiger partial charge in [0.2, 0.25) is 5.78 Å². The maximum Gasteiger partial charge on any atom is 0.348 e. The zero-order valence-corrected chi connectivity index (χ0v) is 13.3. The first-order chi connectivity index (χ1) is 10.5. The Kier molecular flexibility index (Phi) is 5.28. The van der Waals surface area contributed by atoms with Gasteiger partial charge in [-0.3, -0.25) is 9.69 Å². The number of hydrogen-bond donors (Lipinski definition) is 1. The number of ether oxygens (including phenoxy) is 1. The van der Waals surface area contributed by atoms with E-state index in [1.54, 1.807) is 0 Å². The molecule has 1 heterocycles. The summed E-state index contributed by atoms with van der Waals surface area (Å²) in [6.45, 7) is 6.86. The quantitative estimate of drug-likeness (QED) is 0.666. The minimum atomic E-state index is -0.538. The van der Waals surface area contributed by atoms with Crippen LogP contribution >= 0.6 is 0 Å². The summed E-state index contributed by atoms with van der Waals surface area (Å²) in [4.78, 5) is 25.6. The average Bonchev–Trinajstić information content (AvgIpc) is 2.50. The zero-order chi connectivity index (χ0) is 16.1. The van der Waals surface area contributed by atoms with Gasteiger partial charge in [0.05, 0.1) is 6.54 Å². The number of nitrogens with one attached hydrogen (secondary N) is 1. The van der Waals surface area contributed by atoms with Crippen molar-refractivity contribution >= 4 is 11.8 Å². The highest BCUT2D eigenvalue weighted by Gasteiger charge is 2.32. The van der Waals surface area contributed by atoms with E-state index in [-0.39, 0.29) is 18.0 Å². The minimum absolute atomic E-state index is 0.171. The summed E-state index contributed by atoms with van der Waals surface area (Å²) in [6.07, 6.45) is 2.51. The molecule has 116 valence electrons. The Bertz CT molecular complexity index is 629. The van der Waals surface area contributed by atoms with Crippen LogP contribution in [0.3, 0.4) is 0 Å². The van der Waals surface area contributed by atoms with Gasteiger partial charge in [-0.25, -0.2) is 4.79 Å². The van der Waals surface area contributed by atoms with Gasteiger partial charge in [0.1, 0.15) is 18.0 Å². The van der Waals surface area contributed by atoms with Gasteiger partial charge in [0, 0.05) is 19.9 Å². The Balaban J connectivity index is 2.14. The molecule has 1 aromatic carbocycles. The van der Waals surface area contributed by atoms with Crippen LogP contribution in [0.2, 0.25) is 0 Å². The molecule has 0 bridgehead atoms. The molecule has 4 nitrogen and oxygen atoms in total. The van der Waals surface area contributed by atoms with Crippen LogP contribution in [0, 0.1) is 0 Å². The van der Waals surface area contributed by atoms with E-state index in [0.29, 0.717) is 0 Å². The monoisotopic (exact) mass is 300 g/mol. The number of ketones is 1. The second kappa shape index (κ2) is 7.18. The van der Waals surface area contributed by atoms with E-state index in [2.05, 4.69) is 6.92 Å². The van der Waals surface area contributed by atoms with Crippen LogP contribution in [-0.2, 0) is 20.9 Å². The van der Waals surface area contributed by atoms with Crippen LogP contribution in [0.25, 0.3) is 0 Å². The lowest BCUT2D eigenvalue weighted by Crippen LogP contribution is -3.08. The molecule has 2 rings (SSSR count). The van der Waals surface area contributed by atoms with Gasteiger partial charge in [-0.05, 0) is 12.0 Å². The molecule has 1 aliphatic heterocycles. The van der Waals surface area contributed by atoms with Crippen molar-refractivity contribution in [3.63, 3.8) is 0 Å². The van der Waals surface area contributed by atoms with Crippen LogP contribution in [0.4, 0.5) is 0 Å². The Morgan fingerprint density at radius 2 is 1.86 bits per heavy atom. The van der Waals surface area contributed by atoms with Crippen molar-refractivity contribution in [3.8, 4) is 0 Å². The largest absolute Gasteiger partial charge is 0.457 e. The van der Waals surface area contributed by atoms with Gasteiger partial charge in [0.25, 0.3) is 0 Å². The van der Waals surface area contributed by atoms with Crippen molar-refractivity contribution in [1.82, 2.24) is 0 Å². The third-order valence-corrected chi connectivity index (χ3v) is 3.81. The van der Waals surface area contributed by atoms with Crippen molar-refractivity contribution < 1.29 is 19.2 Å². The molecule has 0 aromatic heterocycles. The smallest absolute Gasteiger partial charge is 0.348 e. The predicted octanol–water partition coefficient (Wildman–Crippen LogP) is 1.79. The molecule has 0 saturated carbocycles. The number of allylic oxidation sites excluding steroid dienone is 3. The summed E-state index contributed by atoms with van der Waals surface area (Å²) in [5.74, 6) is -0.795. The van der Waals surface area contributed by atoms with Crippen LogP contribution < -0.4 is 4.90 Å². The molecule has 0 amide bonds. The van der Waals surface area contributed by atoms with Crippen LogP contribution in [0.1, 0.15) is 32.8 Å². The third kappa shape index (κ3) is 3.52. The summed E-state index contributed by atoms with van der Waals surface area (Å²) in [7, 11) is 0. The number of rotatable bonds is 5. The molecule has 0 aliphatic carbocycles. The average molecular weight is 300 g/mol. The van der Waals surface area contributed by atoms with E-state index in [4.69, 9.17) is 4.74 Å². The summed E-state index contributed by atoms with van der Waals surface area (Å²) in [5, 5.41) is 0. The maximum absolute atomic E-state index is 12.3. The number of carbonyl (C=O) groups excluding carboxylic acids is 2. The zero-order valence-electron chi connectivity index (χ0n) is 13.3. The first-order valence-electron chi connectivity index (χ1n) is 7.55. The van der Waals surface area contributed by atoms with E-state index in [1.165, 1.54) is 6.08 Å². The molecule has 0 spiro atoms. The molecular formula is C18H22NO3+. The number of hydrogen-bond acceptors (Lipinski definition) is 3. The molecule has 22 heavy (non-hydrogen) atoms. The van der Waals surface area contributed by atoms with Gasteiger partial charge in [-0.2, -0.15) is 0 Å². The van der Waals surface area contributed by atoms with E-state index >= 15 is 0 Å². The lowest BCUT2D eigenvalue weighted by molar-refractivity contribution is -0.820. The number of benzene rings is 1. The van der Waals surface area contributed by atoms with Gasteiger partial charge < -0.3 is 4.74 Å². The minimum Gasteiger partial charge on any atom is -0.457 e. The molecular weight excluding hydrogens is 278 g/mol. The fourth-order valence-corrected chi connectivity index (χ4v) is 2.67. The normalized spacial score (nSPS) is 18.2. The van der Waals surface area contributed by atoms with Crippen LogP contribution in [0.5, 0.6) is 0 Å². The first-order valence-corrected chi connectivity index (χ1v) is 7.55. The maximum atomic E-state index is 12.3. The summed E-state index contributed by atoms with van der Waals surface area (Å²) >= 11 is 0. The summed E-state index contributed by atoms with van der Waals surface area (Å²) < 4.78 is 5.31. The van der Waals surface area contributed by atoms with E-state index in [0.717, 1.165) is 34.8 Å². The molecule has 1 N–H and O–H groups in total. The van der Waals surface area contributed by atoms with E-state index in [9.17, 15) is 9.59 Å². The van der Waals surface area contributed by atoms with Crippen molar-refractivity contribution in [2.45, 2.75) is 33.8 Å². The highest BCUT2D eigenvalue weighted by atomic mass is 16.5. The SMILES string of the molecule is CCC[NH+]1C(C)=CC(=O)C(C(=O)OCc2ccccc2)=C1C. The van der Waals surface area contributed by atoms with Crippen molar-refractivity contribution in [2.75, 3.05) is 6.54 Å². The number of carbonyl (C=O) groups is 2. The molecule has 1 aliphatic rings. The molecule has 0 fully saturated rings. The molecule has 1 atom stereocenters. The molecule has 0 radical (unpaired) electrons. The first kappa shape index (κ1) is 16.2. The molecule has 1 aromatic rings. The fraction of sp³-hybridized carbons (Fsp3) is 0.333. The third-order valence-electron chi connectivity index (χ3n) is 3.81. The lowest BCUT2D eigenvalue weighted by atomic mass is 10.0. The Morgan fingerprint density at radius 1 is 1.18 bits per heavy atom. The van der Waals surface area contributed by atoms with E-state index < -0.39 is 5.97 Å². The van der Waals surface area contributed by atoms with Gasteiger partial charge in [-0.1, -0.05) is 37.3 Å². The van der Waals surface area contributed by atoms with Gasteiger partial charge >= 0.3 is 5.97 Å². The fourth-order valence-electron chi connectivity index (χ4n) is 2.67. The second-order valence-corrected chi connectivity index (χ2v) is 5.48. The van der Waals surface area contributed by atoms with Crippen molar-refractivity contribution in [1.29, 1.82) is 0 Å². The van der Waals surface area contributed by atoms with Gasteiger partial charge in [-0.15, -0.1) is 0 Å².